The summed E-state index contributed by atoms with van der Waals surface area (Å²) in [5.41, 5.74) is 1.69. The fraction of sp³-hybridized carbons (Fsp3) is 0.136. The Morgan fingerprint density at radius 3 is 2.79 bits per heavy atom. The second-order valence-corrected chi connectivity index (χ2v) is 6.13. The summed E-state index contributed by atoms with van der Waals surface area (Å²) in [5.74, 6) is 0.412. The number of benzene rings is 2. The number of fused-ring (bicyclic) bond motifs is 1. The standard InChI is InChI=1S/C22H22N4O2/c1-3-11-24-16-26(2)20-6-8-21(9-7-20)28-15-22(27)25-19-5-4-18-14-23-12-10-17(18)13-19/h3-14,16H,15H2,1-2H3,(H,25,27)/b11-3-,24-16?. The molecule has 2 aromatic carbocycles. The maximum absolute atomic E-state index is 12.2. The molecule has 0 bridgehead atoms. The van der Waals surface area contributed by atoms with Gasteiger partial charge in [0.25, 0.3) is 5.91 Å². The van der Waals surface area contributed by atoms with Gasteiger partial charge in [-0.05, 0) is 54.8 Å². The average molecular weight is 374 g/mol. The van der Waals surface area contributed by atoms with Crippen molar-refractivity contribution in [2.24, 2.45) is 4.99 Å². The minimum absolute atomic E-state index is 0.0632. The number of anilines is 2. The highest BCUT2D eigenvalue weighted by Gasteiger charge is 2.05. The van der Waals surface area contributed by atoms with Crippen LogP contribution in [0.15, 0.2) is 78.2 Å². The topological polar surface area (TPSA) is 66.8 Å². The summed E-state index contributed by atoms with van der Waals surface area (Å²) in [6.07, 6.45) is 8.82. The second kappa shape index (κ2) is 9.32. The van der Waals surface area contributed by atoms with Crippen LogP contribution in [0.2, 0.25) is 0 Å². The Bertz CT molecular complexity index is 997. The third kappa shape index (κ3) is 5.17. The SMILES string of the molecule is C/C=C\N=CN(C)c1ccc(OCC(=O)Nc2ccc3cnccc3c2)cc1. The van der Waals surface area contributed by atoms with Crippen LogP contribution < -0.4 is 15.0 Å². The Kier molecular flexibility index (Phi) is 6.36. The Hall–Kier alpha value is -3.67. The molecule has 6 heteroatoms. The quantitative estimate of drug-likeness (QED) is 0.496. The van der Waals surface area contributed by atoms with E-state index in [1.54, 1.807) is 24.9 Å². The molecule has 0 spiro atoms. The molecular weight excluding hydrogens is 352 g/mol. The highest BCUT2D eigenvalue weighted by Crippen LogP contribution is 2.19. The van der Waals surface area contributed by atoms with Crippen LogP contribution in [0.3, 0.4) is 0 Å². The van der Waals surface area contributed by atoms with Gasteiger partial charge in [-0.1, -0.05) is 12.1 Å². The Morgan fingerprint density at radius 1 is 1.18 bits per heavy atom. The van der Waals surface area contributed by atoms with Crippen LogP contribution in [0.1, 0.15) is 6.92 Å². The van der Waals surface area contributed by atoms with Crippen LogP contribution in [0.25, 0.3) is 10.8 Å². The molecule has 0 radical (unpaired) electrons. The number of aromatic nitrogens is 1. The molecule has 1 N–H and O–H groups in total. The number of allylic oxidation sites excluding steroid dienone is 1. The third-order valence-corrected chi connectivity index (χ3v) is 4.01. The molecule has 0 aliphatic rings. The third-order valence-electron chi connectivity index (χ3n) is 4.01. The van der Waals surface area contributed by atoms with Gasteiger partial charge in [0.1, 0.15) is 5.75 Å². The lowest BCUT2D eigenvalue weighted by atomic mass is 10.1. The zero-order valence-corrected chi connectivity index (χ0v) is 15.9. The second-order valence-electron chi connectivity index (χ2n) is 6.13. The molecule has 3 rings (SSSR count). The Balaban J connectivity index is 1.53. The van der Waals surface area contributed by atoms with E-state index in [2.05, 4.69) is 15.3 Å². The number of carbonyl (C=O) groups excluding carboxylic acids is 1. The lowest BCUT2D eigenvalue weighted by Crippen LogP contribution is -2.20. The Morgan fingerprint density at radius 2 is 2.00 bits per heavy atom. The van der Waals surface area contributed by atoms with Gasteiger partial charge >= 0.3 is 0 Å². The van der Waals surface area contributed by atoms with E-state index in [1.807, 2.05) is 73.5 Å². The molecule has 0 unspecified atom stereocenters. The van der Waals surface area contributed by atoms with Crippen LogP contribution in [0.5, 0.6) is 5.75 Å². The highest BCUT2D eigenvalue weighted by molar-refractivity contribution is 5.95. The number of pyridine rings is 1. The van der Waals surface area contributed by atoms with Crippen molar-refractivity contribution in [3.05, 3.63) is 73.2 Å². The summed E-state index contributed by atoms with van der Waals surface area (Å²) in [6, 6.07) is 15.1. The number of nitrogens with one attached hydrogen (secondary N) is 1. The fourth-order valence-corrected chi connectivity index (χ4v) is 2.58. The molecule has 1 heterocycles. The van der Waals surface area contributed by atoms with Crippen molar-refractivity contribution >= 4 is 34.4 Å². The molecule has 3 aromatic rings. The maximum atomic E-state index is 12.2. The van der Waals surface area contributed by atoms with E-state index < -0.39 is 0 Å². The van der Waals surface area contributed by atoms with Crippen molar-refractivity contribution in [3.63, 3.8) is 0 Å². The van der Waals surface area contributed by atoms with Crippen molar-refractivity contribution in [2.45, 2.75) is 6.92 Å². The number of amides is 1. The van der Waals surface area contributed by atoms with E-state index in [9.17, 15) is 4.79 Å². The lowest BCUT2D eigenvalue weighted by molar-refractivity contribution is -0.118. The van der Waals surface area contributed by atoms with Crippen molar-refractivity contribution in [1.29, 1.82) is 0 Å². The summed E-state index contributed by atoms with van der Waals surface area (Å²) < 4.78 is 5.58. The summed E-state index contributed by atoms with van der Waals surface area (Å²) in [5, 5.41) is 4.89. The molecule has 0 saturated heterocycles. The van der Waals surface area contributed by atoms with Crippen LogP contribution in [-0.4, -0.2) is 30.9 Å². The number of aliphatic imine (C=N–C) groups is 1. The first-order valence-electron chi connectivity index (χ1n) is 8.89. The number of ether oxygens (including phenoxy) is 1. The molecule has 142 valence electrons. The number of carbonyl (C=O) groups is 1. The molecule has 1 amide bonds. The molecule has 6 nitrogen and oxygen atoms in total. The number of hydrogen-bond acceptors (Lipinski definition) is 4. The van der Waals surface area contributed by atoms with E-state index in [0.717, 1.165) is 22.1 Å². The van der Waals surface area contributed by atoms with E-state index in [1.165, 1.54) is 0 Å². The van der Waals surface area contributed by atoms with Gasteiger partial charge in [0.2, 0.25) is 0 Å². The summed E-state index contributed by atoms with van der Waals surface area (Å²) in [6.45, 7) is 1.85. The van der Waals surface area contributed by atoms with E-state index in [4.69, 9.17) is 4.74 Å². The van der Waals surface area contributed by atoms with E-state index in [-0.39, 0.29) is 12.5 Å². The van der Waals surface area contributed by atoms with Crippen LogP contribution >= 0.6 is 0 Å². The van der Waals surface area contributed by atoms with Crippen LogP contribution in [0.4, 0.5) is 11.4 Å². The van der Waals surface area contributed by atoms with Crippen LogP contribution in [-0.2, 0) is 4.79 Å². The first kappa shape index (κ1) is 19.1. The smallest absolute Gasteiger partial charge is 0.262 e. The predicted molar refractivity (Wildman–Crippen MR) is 114 cm³/mol. The zero-order valence-electron chi connectivity index (χ0n) is 15.9. The van der Waals surface area contributed by atoms with Gasteiger partial charge in [-0.15, -0.1) is 0 Å². The predicted octanol–water partition coefficient (Wildman–Crippen LogP) is 4.25. The average Bonchev–Trinajstić information content (AvgIpc) is 2.72. The van der Waals surface area contributed by atoms with Gasteiger partial charge in [0.15, 0.2) is 6.61 Å². The Labute approximate surface area is 164 Å². The monoisotopic (exact) mass is 374 g/mol. The van der Waals surface area contributed by atoms with Crippen molar-refractivity contribution in [3.8, 4) is 5.75 Å². The molecule has 0 aliphatic carbocycles. The zero-order chi connectivity index (χ0) is 19.8. The van der Waals surface area contributed by atoms with Gasteiger partial charge in [-0.2, -0.15) is 0 Å². The number of rotatable bonds is 7. The van der Waals surface area contributed by atoms with E-state index in [0.29, 0.717) is 5.75 Å². The molecule has 1 aromatic heterocycles. The van der Waals surface area contributed by atoms with Gasteiger partial charge in [-0.3, -0.25) is 9.78 Å². The summed E-state index contributed by atoms with van der Waals surface area (Å²) >= 11 is 0. The van der Waals surface area contributed by atoms with Crippen molar-refractivity contribution in [1.82, 2.24) is 4.98 Å². The maximum Gasteiger partial charge on any atom is 0.262 e. The van der Waals surface area contributed by atoms with Crippen LogP contribution in [0, 0.1) is 0 Å². The normalized spacial score (nSPS) is 11.2. The summed E-state index contributed by atoms with van der Waals surface area (Å²) in [4.78, 5) is 22.3. The molecule has 0 aliphatic heterocycles. The van der Waals surface area contributed by atoms with Crippen molar-refractivity contribution in [2.75, 3.05) is 23.9 Å². The first-order valence-corrected chi connectivity index (χ1v) is 8.89. The fourth-order valence-electron chi connectivity index (χ4n) is 2.58. The van der Waals surface area contributed by atoms with Gasteiger partial charge in [-0.25, -0.2) is 4.99 Å². The van der Waals surface area contributed by atoms with Gasteiger partial charge < -0.3 is 15.0 Å². The van der Waals surface area contributed by atoms with Gasteiger partial charge in [0, 0.05) is 42.4 Å². The minimum Gasteiger partial charge on any atom is -0.484 e. The largest absolute Gasteiger partial charge is 0.484 e. The first-order chi connectivity index (χ1) is 13.7. The molecular formula is C22H22N4O2. The lowest BCUT2D eigenvalue weighted by Gasteiger charge is -2.13. The highest BCUT2D eigenvalue weighted by atomic mass is 16.5. The molecule has 0 saturated carbocycles. The minimum atomic E-state index is -0.215. The summed E-state index contributed by atoms with van der Waals surface area (Å²) in [7, 11) is 1.91. The number of nitrogens with zero attached hydrogens (tertiary/aromatic N) is 3. The van der Waals surface area contributed by atoms with Crippen molar-refractivity contribution < 1.29 is 9.53 Å². The van der Waals surface area contributed by atoms with E-state index >= 15 is 0 Å². The molecule has 0 fully saturated rings. The van der Waals surface area contributed by atoms with Gasteiger partial charge in [0.05, 0.1) is 6.34 Å². The number of hydrogen-bond donors (Lipinski definition) is 1. The molecule has 0 atom stereocenters. The molecule has 28 heavy (non-hydrogen) atoms.